The van der Waals surface area contributed by atoms with Crippen LogP contribution in [0.15, 0.2) is 84.0 Å². The molecule has 2 heterocycles. The van der Waals surface area contributed by atoms with Crippen LogP contribution >= 0.6 is 0 Å². The van der Waals surface area contributed by atoms with Gasteiger partial charge in [0.25, 0.3) is 0 Å². The number of rotatable bonds is 6. The maximum atomic E-state index is 13.8. The third-order valence-corrected chi connectivity index (χ3v) is 7.02. The van der Waals surface area contributed by atoms with Gasteiger partial charge in [-0.25, -0.2) is 14.2 Å². The predicted molar refractivity (Wildman–Crippen MR) is 140 cm³/mol. The molecule has 0 saturated carbocycles. The summed E-state index contributed by atoms with van der Waals surface area (Å²) in [7, 11) is 0. The highest BCUT2D eigenvalue weighted by atomic mass is 19.1. The summed E-state index contributed by atoms with van der Waals surface area (Å²) in [6.07, 6.45) is 1.31. The van der Waals surface area contributed by atoms with Gasteiger partial charge in [0.1, 0.15) is 5.82 Å². The fourth-order valence-corrected chi connectivity index (χ4v) is 4.94. The summed E-state index contributed by atoms with van der Waals surface area (Å²) < 4.78 is 19.0. The van der Waals surface area contributed by atoms with Crippen LogP contribution in [0.1, 0.15) is 29.5 Å². The Morgan fingerprint density at radius 2 is 1.69 bits per heavy atom. The number of amides is 2. The lowest BCUT2D eigenvalue weighted by molar-refractivity contribution is 0.0281. The van der Waals surface area contributed by atoms with Crippen molar-refractivity contribution in [3.63, 3.8) is 0 Å². The average Bonchev–Trinajstić information content (AvgIpc) is 3.31. The Kier molecular flexibility index (Phi) is 7.11. The van der Waals surface area contributed by atoms with Crippen molar-refractivity contribution >= 4 is 17.4 Å². The third kappa shape index (κ3) is 5.17. The lowest BCUT2D eigenvalue weighted by atomic mass is 9.80. The molecule has 186 valence electrons. The van der Waals surface area contributed by atoms with Gasteiger partial charge in [0.15, 0.2) is 0 Å². The Balaban J connectivity index is 1.53. The smallest absolute Gasteiger partial charge is 0.343 e. The normalized spacial score (nSPS) is 20.3. The number of ether oxygens (including phenoxy) is 1. The average molecular weight is 487 g/mol. The molecule has 5 rings (SSSR count). The van der Waals surface area contributed by atoms with Crippen molar-refractivity contribution in [2.75, 3.05) is 38.2 Å². The molecule has 1 N–H and O–H groups in total. The standard InChI is InChI=1S/C29H31FN4O2/c1-22-7-9-24(10-8-22)29(15-16-33-17-19-36-20-18-33)21-27(23-5-3-2-4-6-23)32-34(29)28(35)31-26-13-11-25(30)12-14-26/h2-14H,15-21H2,1H3,(H,31,35). The zero-order valence-corrected chi connectivity index (χ0v) is 20.5. The number of benzene rings is 3. The fraction of sp³-hybridized carbons (Fsp3) is 0.310. The molecule has 6 nitrogen and oxygen atoms in total. The molecule has 0 aliphatic carbocycles. The van der Waals surface area contributed by atoms with Crippen LogP contribution in [0.25, 0.3) is 0 Å². The summed E-state index contributed by atoms with van der Waals surface area (Å²) in [6.45, 7) is 6.06. The number of nitrogens with one attached hydrogen (secondary N) is 1. The first kappa shape index (κ1) is 24.2. The lowest BCUT2D eigenvalue weighted by Crippen LogP contribution is -2.48. The second-order valence-electron chi connectivity index (χ2n) is 9.44. The van der Waals surface area contributed by atoms with Crippen molar-refractivity contribution in [2.45, 2.75) is 25.3 Å². The summed E-state index contributed by atoms with van der Waals surface area (Å²) in [5, 5.41) is 9.46. The van der Waals surface area contributed by atoms with Crippen LogP contribution in [0.3, 0.4) is 0 Å². The molecule has 3 aromatic rings. The molecule has 0 aromatic heterocycles. The van der Waals surface area contributed by atoms with E-state index in [-0.39, 0.29) is 11.8 Å². The Labute approximate surface area is 211 Å². The van der Waals surface area contributed by atoms with E-state index in [1.807, 2.05) is 30.3 Å². The Morgan fingerprint density at radius 3 is 2.39 bits per heavy atom. The summed E-state index contributed by atoms with van der Waals surface area (Å²) in [6, 6.07) is 23.9. The number of morpholine rings is 1. The van der Waals surface area contributed by atoms with Crippen LogP contribution in [0.2, 0.25) is 0 Å². The molecule has 1 atom stereocenters. The van der Waals surface area contributed by atoms with Gasteiger partial charge < -0.3 is 10.1 Å². The molecule has 3 aromatic carbocycles. The SMILES string of the molecule is Cc1ccc(C2(CCN3CCOCC3)CC(c3ccccc3)=NN2C(=O)Nc2ccc(F)cc2)cc1. The van der Waals surface area contributed by atoms with E-state index in [1.54, 1.807) is 17.1 Å². The number of aryl methyl sites for hydroxylation is 1. The minimum absolute atomic E-state index is 0.338. The molecule has 2 aliphatic heterocycles. The number of hydrogen-bond donors (Lipinski definition) is 1. The largest absolute Gasteiger partial charge is 0.379 e. The molecule has 7 heteroatoms. The van der Waals surface area contributed by atoms with Crippen molar-refractivity contribution in [3.8, 4) is 0 Å². The van der Waals surface area contributed by atoms with Crippen LogP contribution in [0.4, 0.5) is 14.9 Å². The van der Waals surface area contributed by atoms with Gasteiger partial charge >= 0.3 is 6.03 Å². The highest BCUT2D eigenvalue weighted by molar-refractivity contribution is 6.04. The number of anilines is 1. The zero-order valence-electron chi connectivity index (χ0n) is 20.5. The second kappa shape index (κ2) is 10.6. The molecule has 1 unspecified atom stereocenters. The topological polar surface area (TPSA) is 57.2 Å². The van der Waals surface area contributed by atoms with Gasteiger partial charge in [-0.1, -0.05) is 60.2 Å². The maximum absolute atomic E-state index is 13.8. The van der Waals surface area contributed by atoms with Crippen molar-refractivity contribution < 1.29 is 13.9 Å². The minimum Gasteiger partial charge on any atom is -0.379 e. The Hall–Kier alpha value is -3.55. The molecular formula is C29H31FN4O2. The van der Waals surface area contributed by atoms with Crippen LogP contribution in [-0.4, -0.2) is 54.5 Å². The molecule has 0 bridgehead atoms. The summed E-state index contributed by atoms with van der Waals surface area (Å²) in [5.74, 6) is -0.349. The Morgan fingerprint density at radius 1 is 1.00 bits per heavy atom. The second-order valence-corrected chi connectivity index (χ2v) is 9.44. The number of nitrogens with zero attached hydrogens (tertiary/aromatic N) is 3. The lowest BCUT2D eigenvalue weighted by Gasteiger charge is -2.39. The van der Waals surface area contributed by atoms with Gasteiger partial charge in [0.05, 0.1) is 24.5 Å². The summed E-state index contributed by atoms with van der Waals surface area (Å²) in [4.78, 5) is 16.1. The van der Waals surface area contributed by atoms with Gasteiger partial charge in [0, 0.05) is 31.7 Å². The number of hydrazone groups is 1. The van der Waals surface area contributed by atoms with E-state index in [1.165, 1.54) is 12.1 Å². The van der Waals surface area contributed by atoms with Crippen LogP contribution in [-0.2, 0) is 10.3 Å². The first-order valence-corrected chi connectivity index (χ1v) is 12.4. The highest BCUT2D eigenvalue weighted by Crippen LogP contribution is 2.43. The summed E-state index contributed by atoms with van der Waals surface area (Å²) in [5.41, 5.74) is 3.93. The number of carbonyl (C=O) groups is 1. The van der Waals surface area contributed by atoms with Crippen molar-refractivity contribution in [3.05, 3.63) is 101 Å². The van der Waals surface area contributed by atoms with Crippen molar-refractivity contribution in [1.29, 1.82) is 0 Å². The van der Waals surface area contributed by atoms with E-state index < -0.39 is 5.54 Å². The van der Waals surface area contributed by atoms with Gasteiger partial charge in [-0.3, -0.25) is 4.90 Å². The van der Waals surface area contributed by atoms with Gasteiger partial charge in [-0.15, -0.1) is 0 Å². The third-order valence-electron chi connectivity index (χ3n) is 7.02. The fourth-order valence-electron chi connectivity index (χ4n) is 4.94. The van der Waals surface area contributed by atoms with E-state index >= 15 is 0 Å². The quantitative estimate of drug-likeness (QED) is 0.508. The highest BCUT2D eigenvalue weighted by Gasteiger charge is 2.47. The van der Waals surface area contributed by atoms with E-state index in [4.69, 9.17) is 9.84 Å². The van der Waals surface area contributed by atoms with E-state index in [0.717, 1.165) is 55.3 Å². The van der Waals surface area contributed by atoms with Gasteiger partial charge in [-0.05, 0) is 48.7 Å². The van der Waals surface area contributed by atoms with Crippen molar-refractivity contribution in [2.24, 2.45) is 5.10 Å². The monoisotopic (exact) mass is 486 g/mol. The van der Waals surface area contributed by atoms with Crippen LogP contribution < -0.4 is 5.32 Å². The Bertz CT molecular complexity index is 1210. The number of hydrogen-bond acceptors (Lipinski definition) is 4. The van der Waals surface area contributed by atoms with Crippen LogP contribution in [0.5, 0.6) is 0 Å². The van der Waals surface area contributed by atoms with E-state index in [2.05, 4.69) is 41.4 Å². The first-order valence-electron chi connectivity index (χ1n) is 12.4. The maximum Gasteiger partial charge on any atom is 0.343 e. The molecule has 1 saturated heterocycles. The molecular weight excluding hydrogens is 455 g/mol. The molecule has 36 heavy (non-hydrogen) atoms. The number of halogens is 1. The minimum atomic E-state index is -0.665. The van der Waals surface area contributed by atoms with Gasteiger partial charge in [-0.2, -0.15) is 5.10 Å². The number of urea groups is 1. The molecule has 2 amide bonds. The van der Waals surface area contributed by atoms with E-state index in [0.29, 0.717) is 18.5 Å². The molecule has 2 aliphatic rings. The molecule has 1 fully saturated rings. The molecule has 0 spiro atoms. The van der Waals surface area contributed by atoms with Crippen LogP contribution in [0, 0.1) is 12.7 Å². The van der Waals surface area contributed by atoms with E-state index in [9.17, 15) is 9.18 Å². The summed E-state index contributed by atoms with van der Waals surface area (Å²) >= 11 is 0. The zero-order chi connectivity index (χ0) is 25.0. The first-order chi connectivity index (χ1) is 17.5. The van der Waals surface area contributed by atoms with Gasteiger partial charge in [0.2, 0.25) is 0 Å². The number of carbonyl (C=O) groups excluding carboxylic acids is 1. The molecule has 0 radical (unpaired) electrons. The van der Waals surface area contributed by atoms with Crippen molar-refractivity contribution in [1.82, 2.24) is 9.91 Å². The predicted octanol–water partition coefficient (Wildman–Crippen LogP) is 5.39.